The van der Waals surface area contributed by atoms with Gasteiger partial charge >= 0.3 is 0 Å². The Morgan fingerprint density at radius 3 is 2.47 bits per heavy atom. The van der Waals surface area contributed by atoms with Crippen LogP contribution in [0.1, 0.15) is 29.9 Å². The lowest BCUT2D eigenvalue weighted by Gasteiger charge is -2.34. The average molecular weight is 458 g/mol. The first-order valence-corrected chi connectivity index (χ1v) is 12.0. The monoisotopic (exact) mass is 457 g/mol. The summed E-state index contributed by atoms with van der Waals surface area (Å²) < 4.78 is 5.31. The molecule has 1 amide bonds. The van der Waals surface area contributed by atoms with Crippen LogP contribution in [-0.4, -0.2) is 60.7 Å². The molecular weight excluding hydrogens is 426 g/mol. The number of piperidine rings is 1. The van der Waals surface area contributed by atoms with Crippen molar-refractivity contribution in [2.75, 3.05) is 49.6 Å². The second-order valence-electron chi connectivity index (χ2n) is 9.18. The molecule has 2 aliphatic heterocycles. The lowest BCUT2D eigenvalue weighted by molar-refractivity contribution is -0.115. The van der Waals surface area contributed by atoms with E-state index in [0.717, 1.165) is 90.8 Å². The highest BCUT2D eigenvalue weighted by atomic mass is 16.5. The largest absolute Gasteiger partial charge is 0.361 e. The Kier molecular flexibility index (Phi) is 6.20. The number of aromatic nitrogens is 2. The van der Waals surface area contributed by atoms with Crippen LogP contribution in [0.25, 0.3) is 17.2 Å². The summed E-state index contributed by atoms with van der Waals surface area (Å²) in [5.41, 5.74) is 5.71. The molecule has 0 atom stereocenters. The molecule has 1 aromatic carbocycles. The molecule has 3 aromatic rings. The molecule has 0 aliphatic carbocycles. The van der Waals surface area contributed by atoms with E-state index in [9.17, 15) is 4.79 Å². The molecule has 2 aliphatic rings. The minimum Gasteiger partial charge on any atom is -0.361 e. The second kappa shape index (κ2) is 9.43. The summed E-state index contributed by atoms with van der Waals surface area (Å²) in [5, 5.41) is 4.05. The zero-order valence-corrected chi connectivity index (χ0v) is 20.1. The number of carbonyl (C=O) groups is 1. The fraction of sp³-hybridized carbons (Fsp3) is 0.370. The highest BCUT2D eigenvalue weighted by Gasteiger charge is 2.26. The van der Waals surface area contributed by atoms with E-state index in [1.54, 1.807) is 0 Å². The van der Waals surface area contributed by atoms with Crippen molar-refractivity contribution in [2.24, 2.45) is 0 Å². The van der Waals surface area contributed by atoms with Gasteiger partial charge in [0.2, 0.25) is 0 Å². The molecular formula is C27H31N5O2. The molecule has 4 heterocycles. The number of hydrogen-bond acceptors (Lipinski definition) is 6. The minimum absolute atomic E-state index is 0.0736. The first-order chi connectivity index (χ1) is 16.5. The minimum atomic E-state index is 0.0736. The SMILES string of the molecule is Cc1noc(C)c1-c1ccc(N2CCCC(=Cc3cccnc3N3CCN(C)CC3)C2=O)cc1. The predicted molar refractivity (Wildman–Crippen MR) is 135 cm³/mol. The lowest BCUT2D eigenvalue weighted by atomic mass is 9.99. The highest BCUT2D eigenvalue weighted by molar-refractivity contribution is 6.09. The summed E-state index contributed by atoms with van der Waals surface area (Å²) in [6, 6.07) is 12.1. The Morgan fingerprint density at radius 1 is 1.00 bits per heavy atom. The Bertz CT molecular complexity index is 1190. The average Bonchev–Trinajstić information content (AvgIpc) is 3.19. The number of pyridine rings is 1. The maximum absolute atomic E-state index is 13.5. The van der Waals surface area contributed by atoms with Gasteiger partial charge in [0.25, 0.3) is 5.91 Å². The van der Waals surface area contributed by atoms with Crippen molar-refractivity contribution in [3.8, 4) is 11.1 Å². The number of carbonyl (C=O) groups excluding carboxylic acids is 1. The first-order valence-electron chi connectivity index (χ1n) is 12.0. The van der Waals surface area contributed by atoms with Crippen molar-refractivity contribution in [1.82, 2.24) is 15.0 Å². The normalized spacial score (nSPS) is 18.7. The molecule has 0 unspecified atom stereocenters. The Morgan fingerprint density at radius 2 is 1.76 bits per heavy atom. The maximum Gasteiger partial charge on any atom is 0.254 e. The van der Waals surface area contributed by atoms with Gasteiger partial charge in [0, 0.05) is 61.3 Å². The summed E-state index contributed by atoms with van der Waals surface area (Å²) in [6.45, 7) is 8.51. The summed E-state index contributed by atoms with van der Waals surface area (Å²) in [4.78, 5) is 24.7. The van der Waals surface area contributed by atoms with Gasteiger partial charge in [-0.2, -0.15) is 0 Å². The van der Waals surface area contributed by atoms with Crippen molar-refractivity contribution in [3.63, 3.8) is 0 Å². The summed E-state index contributed by atoms with van der Waals surface area (Å²) >= 11 is 0. The number of likely N-dealkylation sites (N-methyl/N-ethyl adjacent to an activating group) is 1. The zero-order chi connectivity index (χ0) is 23.7. The fourth-order valence-electron chi connectivity index (χ4n) is 4.89. The van der Waals surface area contributed by atoms with E-state index in [1.807, 2.05) is 61.4 Å². The number of amides is 1. The number of benzene rings is 1. The molecule has 0 radical (unpaired) electrons. The van der Waals surface area contributed by atoms with E-state index in [2.05, 4.69) is 33.1 Å². The van der Waals surface area contributed by atoms with Crippen LogP contribution < -0.4 is 9.80 Å². The van der Waals surface area contributed by atoms with Crippen molar-refractivity contribution in [3.05, 3.63) is 65.2 Å². The molecule has 0 N–H and O–H groups in total. The van der Waals surface area contributed by atoms with Crippen LogP contribution in [0.2, 0.25) is 0 Å². The van der Waals surface area contributed by atoms with Crippen molar-refractivity contribution in [2.45, 2.75) is 26.7 Å². The molecule has 2 saturated heterocycles. The van der Waals surface area contributed by atoms with E-state index in [-0.39, 0.29) is 5.91 Å². The molecule has 0 spiro atoms. The van der Waals surface area contributed by atoms with Crippen LogP contribution in [0.5, 0.6) is 0 Å². The molecule has 0 bridgehead atoms. The highest BCUT2D eigenvalue weighted by Crippen LogP contribution is 2.31. The Labute approximate surface area is 200 Å². The number of anilines is 2. The van der Waals surface area contributed by atoms with E-state index in [0.29, 0.717) is 0 Å². The summed E-state index contributed by atoms with van der Waals surface area (Å²) in [6.07, 6.45) is 5.61. The van der Waals surface area contributed by atoms with E-state index >= 15 is 0 Å². The van der Waals surface area contributed by atoms with Crippen molar-refractivity contribution in [1.29, 1.82) is 0 Å². The van der Waals surface area contributed by atoms with E-state index < -0.39 is 0 Å². The topological polar surface area (TPSA) is 65.7 Å². The van der Waals surface area contributed by atoms with Gasteiger partial charge in [-0.25, -0.2) is 4.98 Å². The molecule has 7 nitrogen and oxygen atoms in total. The second-order valence-corrected chi connectivity index (χ2v) is 9.18. The van der Waals surface area contributed by atoms with Crippen LogP contribution in [0.4, 0.5) is 11.5 Å². The predicted octanol–water partition coefficient (Wildman–Crippen LogP) is 4.32. The van der Waals surface area contributed by atoms with Crippen LogP contribution in [0.15, 0.2) is 52.7 Å². The molecule has 2 aromatic heterocycles. The molecule has 7 heteroatoms. The van der Waals surface area contributed by atoms with Gasteiger partial charge in [-0.3, -0.25) is 4.79 Å². The van der Waals surface area contributed by atoms with Crippen LogP contribution in [0.3, 0.4) is 0 Å². The van der Waals surface area contributed by atoms with Gasteiger partial charge in [-0.15, -0.1) is 0 Å². The zero-order valence-electron chi connectivity index (χ0n) is 20.1. The van der Waals surface area contributed by atoms with Crippen LogP contribution >= 0.6 is 0 Å². The first kappa shape index (κ1) is 22.3. The quantitative estimate of drug-likeness (QED) is 0.544. The third-order valence-electron chi connectivity index (χ3n) is 6.80. The van der Waals surface area contributed by atoms with Gasteiger partial charge < -0.3 is 19.2 Å². The third-order valence-corrected chi connectivity index (χ3v) is 6.80. The number of rotatable bonds is 4. The van der Waals surface area contributed by atoms with Gasteiger partial charge in [-0.1, -0.05) is 17.3 Å². The third kappa shape index (κ3) is 4.35. The molecule has 5 rings (SSSR count). The maximum atomic E-state index is 13.5. The molecule has 2 fully saturated rings. The van der Waals surface area contributed by atoms with E-state index in [1.165, 1.54) is 0 Å². The summed E-state index contributed by atoms with van der Waals surface area (Å²) in [5.74, 6) is 1.85. The van der Waals surface area contributed by atoms with Crippen molar-refractivity contribution < 1.29 is 9.32 Å². The Hall–Kier alpha value is -3.45. The van der Waals surface area contributed by atoms with Gasteiger partial charge in [0.1, 0.15) is 11.6 Å². The molecule has 34 heavy (non-hydrogen) atoms. The number of nitrogens with zero attached hydrogens (tertiary/aromatic N) is 5. The molecule has 0 saturated carbocycles. The summed E-state index contributed by atoms with van der Waals surface area (Å²) in [7, 11) is 2.15. The Balaban J connectivity index is 1.39. The number of hydrogen-bond donors (Lipinski definition) is 0. The van der Waals surface area contributed by atoms with Gasteiger partial charge in [-0.05, 0) is 69.6 Å². The fourth-order valence-corrected chi connectivity index (χ4v) is 4.89. The van der Waals surface area contributed by atoms with Crippen LogP contribution in [0, 0.1) is 13.8 Å². The van der Waals surface area contributed by atoms with Gasteiger partial charge in [0.15, 0.2) is 0 Å². The van der Waals surface area contributed by atoms with Crippen LogP contribution in [-0.2, 0) is 4.79 Å². The molecule has 176 valence electrons. The smallest absolute Gasteiger partial charge is 0.254 e. The lowest BCUT2D eigenvalue weighted by Crippen LogP contribution is -2.45. The number of aryl methyl sites for hydroxylation is 2. The van der Waals surface area contributed by atoms with Crippen molar-refractivity contribution >= 4 is 23.5 Å². The number of piperazine rings is 1. The standard InChI is InChI=1S/C27H31N5O2/c1-19-25(20(2)34-29-19)21-8-10-24(11-9-21)32-13-5-7-23(27(32)33)18-22-6-4-12-28-26(22)31-16-14-30(3)15-17-31/h4,6,8-12,18H,5,7,13-17H2,1-3H3. The van der Waals surface area contributed by atoms with E-state index in [4.69, 9.17) is 4.52 Å². The van der Waals surface area contributed by atoms with Gasteiger partial charge in [0.05, 0.1) is 5.69 Å².